The molecule has 20 heavy (non-hydrogen) atoms. The van der Waals surface area contributed by atoms with Crippen LogP contribution in [-0.4, -0.2) is 16.8 Å². The smallest absolute Gasteiger partial charge is 0.226 e. The molecular weight excluding hydrogens is 250 g/mol. The van der Waals surface area contributed by atoms with Crippen LogP contribution in [0.5, 0.6) is 0 Å². The summed E-state index contributed by atoms with van der Waals surface area (Å²) in [4.78, 5) is 15.0. The van der Waals surface area contributed by atoms with Crippen molar-refractivity contribution >= 4 is 5.91 Å². The lowest BCUT2D eigenvalue weighted by Gasteiger charge is -2.31. The average Bonchev–Trinajstić information content (AvgIpc) is 2.97. The van der Waals surface area contributed by atoms with Crippen LogP contribution in [0, 0.1) is 17.8 Å². The van der Waals surface area contributed by atoms with Gasteiger partial charge < -0.3 is 9.32 Å². The van der Waals surface area contributed by atoms with Gasteiger partial charge in [0.05, 0.1) is 12.8 Å². The molecule has 0 N–H and O–H groups in total. The van der Waals surface area contributed by atoms with Crippen molar-refractivity contribution in [2.75, 3.05) is 0 Å². The Kier molecular flexibility index (Phi) is 3.08. The van der Waals surface area contributed by atoms with Crippen molar-refractivity contribution in [1.29, 1.82) is 0 Å². The van der Waals surface area contributed by atoms with Crippen LogP contribution in [0.2, 0.25) is 0 Å². The molecule has 1 amide bonds. The molecule has 0 aromatic carbocycles. The maximum Gasteiger partial charge on any atom is 0.226 e. The molecule has 2 unspecified atom stereocenters. The van der Waals surface area contributed by atoms with E-state index in [0.717, 1.165) is 30.4 Å². The molecule has 3 aliphatic carbocycles. The van der Waals surface area contributed by atoms with E-state index in [1.807, 2.05) is 12.1 Å². The lowest BCUT2D eigenvalue weighted by atomic mass is 10.00. The summed E-state index contributed by atoms with van der Waals surface area (Å²) < 4.78 is 5.47. The molecule has 0 aliphatic heterocycles. The van der Waals surface area contributed by atoms with Crippen LogP contribution in [0.4, 0.5) is 0 Å². The highest BCUT2D eigenvalue weighted by atomic mass is 16.3. The molecule has 0 saturated heterocycles. The van der Waals surface area contributed by atoms with Crippen LogP contribution in [0.1, 0.15) is 50.7 Å². The van der Waals surface area contributed by atoms with Crippen molar-refractivity contribution in [3.63, 3.8) is 0 Å². The molecule has 108 valence electrons. The Morgan fingerprint density at radius 3 is 2.60 bits per heavy atom. The van der Waals surface area contributed by atoms with Gasteiger partial charge in [-0.25, -0.2) is 0 Å². The van der Waals surface area contributed by atoms with Gasteiger partial charge in [0.2, 0.25) is 5.91 Å². The Balaban J connectivity index is 1.49. The summed E-state index contributed by atoms with van der Waals surface area (Å²) >= 11 is 0. The van der Waals surface area contributed by atoms with E-state index < -0.39 is 0 Å². The molecule has 3 aliphatic rings. The van der Waals surface area contributed by atoms with Crippen molar-refractivity contribution in [3.05, 3.63) is 24.2 Å². The Bertz CT molecular complexity index is 465. The van der Waals surface area contributed by atoms with E-state index in [0.29, 0.717) is 24.4 Å². The zero-order valence-corrected chi connectivity index (χ0v) is 12.0. The minimum atomic E-state index is 0.300. The van der Waals surface area contributed by atoms with Crippen molar-refractivity contribution in [2.45, 2.75) is 57.5 Å². The standard InChI is InChI=1S/C17H23NO2/c19-17(14-9-12-8-13(12)10-14)18(15-4-1-2-5-15)11-16-6-3-7-20-16/h3,6-7,12-15H,1-2,4-5,8-11H2. The van der Waals surface area contributed by atoms with E-state index in [1.165, 1.54) is 32.1 Å². The monoisotopic (exact) mass is 273 g/mol. The number of amides is 1. The third-order valence-corrected chi connectivity index (χ3v) is 5.55. The van der Waals surface area contributed by atoms with Crippen LogP contribution < -0.4 is 0 Å². The summed E-state index contributed by atoms with van der Waals surface area (Å²) in [6, 6.07) is 4.35. The molecule has 0 radical (unpaired) electrons. The van der Waals surface area contributed by atoms with Crippen LogP contribution in [-0.2, 0) is 11.3 Å². The number of furan rings is 1. The molecule has 4 rings (SSSR count). The fourth-order valence-corrected chi connectivity index (χ4v) is 4.32. The fraction of sp³-hybridized carbons (Fsp3) is 0.706. The second kappa shape index (κ2) is 4.94. The molecule has 0 spiro atoms. The first-order valence-corrected chi connectivity index (χ1v) is 8.14. The Morgan fingerprint density at radius 2 is 1.95 bits per heavy atom. The zero-order chi connectivity index (χ0) is 13.5. The number of nitrogens with zero attached hydrogens (tertiary/aromatic N) is 1. The summed E-state index contributed by atoms with van der Waals surface area (Å²) in [6.07, 6.45) is 10.3. The highest BCUT2D eigenvalue weighted by Gasteiger charge is 2.49. The van der Waals surface area contributed by atoms with Crippen LogP contribution in [0.25, 0.3) is 0 Å². The summed E-state index contributed by atoms with van der Waals surface area (Å²) in [7, 11) is 0. The summed E-state index contributed by atoms with van der Waals surface area (Å²) in [6.45, 7) is 0.669. The topological polar surface area (TPSA) is 33.5 Å². The van der Waals surface area contributed by atoms with E-state index in [1.54, 1.807) is 6.26 Å². The van der Waals surface area contributed by atoms with Crippen molar-refractivity contribution in [2.24, 2.45) is 17.8 Å². The van der Waals surface area contributed by atoms with Gasteiger partial charge in [0.15, 0.2) is 0 Å². The van der Waals surface area contributed by atoms with Gasteiger partial charge >= 0.3 is 0 Å². The quantitative estimate of drug-likeness (QED) is 0.840. The minimum absolute atomic E-state index is 0.300. The normalized spacial score (nSPS) is 32.3. The Morgan fingerprint density at radius 1 is 1.20 bits per heavy atom. The number of rotatable bonds is 4. The molecule has 1 aromatic rings. The predicted molar refractivity (Wildman–Crippen MR) is 75.8 cm³/mol. The zero-order valence-electron chi connectivity index (χ0n) is 12.0. The lowest BCUT2D eigenvalue weighted by molar-refractivity contribution is -0.139. The molecule has 3 heteroatoms. The second-order valence-electron chi connectivity index (χ2n) is 6.91. The van der Waals surface area contributed by atoms with E-state index in [2.05, 4.69) is 4.90 Å². The molecular formula is C17H23NO2. The van der Waals surface area contributed by atoms with Crippen LogP contribution >= 0.6 is 0 Å². The molecule has 3 saturated carbocycles. The molecule has 0 bridgehead atoms. The highest BCUT2D eigenvalue weighted by molar-refractivity contribution is 5.79. The van der Waals surface area contributed by atoms with Gasteiger partial charge in [0.25, 0.3) is 0 Å². The Labute approximate surface area is 120 Å². The lowest BCUT2D eigenvalue weighted by Crippen LogP contribution is -2.41. The third kappa shape index (κ3) is 2.27. The van der Waals surface area contributed by atoms with Gasteiger partial charge in [-0.05, 0) is 56.1 Å². The first kappa shape index (κ1) is 12.5. The predicted octanol–water partition coefficient (Wildman–Crippen LogP) is 3.60. The first-order valence-electron chi connectivity index (χ1n) is 8.14. The molecule has 2 atom stereocenters. The number of carbonyl (C=O) groups excluding carboxylic acids is 1. The van der Waals surface area contributed by atoms with E-state index in [9.17, 15) is 4.79 Å². The van der Waals surface area contributed by atoms with E-state index in [4.69, 9.17) is 4.42 Å². The molecule has 1 aromatic heterocycles. The fourth-order valence-electron chi connectivity index (χ4n) is 4.32. The summed E-state index contributed by atoms with van der Waals surface area (Å²) in [5.74, 6) is 3.37. The molecule has 3 fully saturated rings. The maximum absolute atomic E-state index is 12.9. The minimum Gasteiger partial charge on any atom is -0.467 e. The van der Waals surface area contributed by atoms with Gasteiger partial charge in [-0.3, -0.25) is 4.79 Å². The number of fused-ring (bicyclic) bond motifs is 1. The molecule has 1 heterocycles. The summed E-state index contributed by atoms with van der Waals surface area (Å²) in [5, 5.41) is 0. The van der Waals surface area contributed by atoms with Gasteiger partial charge in [-0.15, -0.1) is 0 Å². The third-order valence-electron chi connectivity index (χ3n) is 5.55. The number of hydrogen-bond donors (Lipinski definition) is 0. The summed E-state index contributed by atoms with van der Waals surface area (Å²) in [5.41, 5.74) is 0. The van der Waals surface area contributed by atoms with E-state index >= 15 is 0 Å². The molecule has 3 nitrogen and oxygen atoms in total. The average molecular weight is 273 g/mol. The largest absolute Gasteiger partial charge is 0.467 e. The first-order chi connectivity index (χ1) is 9.81. The second-order valence-corrected chi connectivity index (χ2v) is 6.91. The van der Waals surface area contributed by atoms with Gasteiger partial charge in [0, 0.05) is 12.0 Å². The maximum atomic E-state index is 12.9. The van der Waals surface area contributed by atoms with Gasteiger partial charge in [0.1, 0.15) is 5.76 Å². The number of hydrogen-bond acceptors (Lipinski definition) is 2. The SMILES string of the molecule is O=C(C1CC2CC2C1)N(Cc1ccco1)C1CCCC1. The van der Waals surface area contributed by atoms with Crippen molar-refractivity contribution < 1.29 is 9.21 Å². The van der Waals surface area contributed by atoms with Crippen molar-refractivity contribution in [1.82, 2.24) is 4.90 Å². The Hall–Kier alpha value is -1.25. The van der Waals surface area contributed by atoms with Crippen LogP contribution in [0.15, 0.2) is 22.8 Å². The van der Waals surface area contributed by atoms with Gasteiger partial charge in [-0.2, -0.15) is 0 Å². The van der Waals surface area contributed by atoms with Crippen LogP contribution in [0.3, 0.4) is 0 Å². The number of carbonyl (C=O) groups is 1. The van der Waals surface area contributed by atoms with Gasteiger partial charge in [-0.1, -0.05) is 12.8 Å². The highest BCUT2D eigenvalue weighted by Crippen LogP contribution is 2.54. The van der Waals surface area contributed by atoms with Crippen molar-refractivity contribution in [3.8, 4) is 0 Å². The van der Waals surface area contributed by atoms with E-state index in [-0.39, 0.29) is 0 Å².